The Kier molecular flexibility index (Phi) is 6.32. The first-order chi connectivity index (χ1) is 3.35. The van der Waals surface area contributed by atoms with Gasteiger partial charge in [0.25, 0.3) is 0 Å². The van der Waals surface area contributed by atoms with Gasteiger partial charge in [-0.3, -0.25) is 0 Å². The first-order valence-corrected chi connectivity index (χ1v) is 4.25. The van der Waals surface area contributed by atoms with Crippen molar-refractivity contribution < 1.29 is 11.5 Å². The van der Waals surface area contributed by atoms with E-state index in [-0.39, 0.29) is 0 Å². The second kappa shape index (κ2) is 5.37. The molecule has 0 aliphatic carbocycles. The van der Waals surface area contributed by atoms with Crippen molar-refractivity contribution in [1.82, 2.24) is 0 Å². The summed E-state index contributed by atoms with van der Waals surface area (Å²) < 4.78 is 14.2. The van der Waals surface area contributed by atoms with Crippen LogP contribution in [-0.4, -0.2) is 40.4 Å². The van der Waals surface area contributed by atoms with E-state index in [1.165, 1.54) is 0 Å². The molecule has 0 aromatic heterocycles. The van der Waals surface area contributed by atoms with Gasteiger partial charge in [-0.25, -0.2) is 0 Å². The first-order valence-electron chi connectivity index (χ1n) is 1.57. The molecule has 0 aromatic carbocycles. The quantitative estimate of drug-likeness (QED) is 0.564. The van der Waals surface area contributed by atoms with Crippen molar-refractivity contribution in [2.45, 2.75) is 0 Å². The molecule has 0 amide bonds. The summed E-state index contributed by atoms with van der Waals surface area (Å²) in [4.78, 5) is 0. The van der Waals surface area contributed by atoms with Crippen molar-refractivity contribution >= 4 is 34.8 Å². The molecule has 0 saturated carbocycles. The van der Waals surface area contributed by atoms with Crippen LogP contribution < -0.4 is 0 Å². The number of rotatable bonds is 3. The van der Waals surface area contributed by atoms with Crippen LogP contribution in [0.15, 0.2) is 0 Å². The molecule has 0 heterocycles. The van der Waals surface area contributed by atoms with Gasteiger partial charge in [0.2, 0.25) is 0 Å². The molecule has 0 aromatic rings. The fraction of sp³-hybridized carbons (Fsp3) is 1.00. The second-order valence-electron chi connectivity index (χ2n) is 0.680. The van der Waals surface area contributed by atoms with Crippen LogP contribution in [0.4, 0.5) is 0 Å². The molecule has 0 bridgehead atoms. The van der Waals surface area contributed by atoms with Crippen molar-refractivity contribution in [3.05, 3.63) is 0 Å². The monoisotopic (exact) mass is 317 g/mol. The molecule has 0 fully saturated rings. The Hall–Kier alpha value is 1.23. The topological polar surface area (TPSA) is 27.7 Å². The summed E-state index contributed by atoms with van der Waals surface area (Å²) in [7, 11) is 2.13. The maximum absolute atomic E-state index is 4.81. The number of hydrogen-bond acceptors (Lipinski definition) is 3. The van der Waals surface area contributed by atoms with Crippen LogP contribution >= 0.6 is 8.60 Å². The molecule has 3 radical (unpaired) electrons. The SMILES string of the molecule is COP(OC)[O][Pb]. The van der Waals surface area contributed by atoms with E-state index in [2.05, 4.69) is 0 Å². The van der Waals surface area contributed by atoms with Gasteiger partial charge >= 0.3 is 60.6 Å². The summed E-state index contributed by atoms with van der Waals surface area (Å²) >= 11 is 0.670. The molecule has 0 aliphatic rings. The zero-order chi connectivity index (χ0) is 5.70. The Morgan fingerprint density at radius 3 is 1.71 bits per heavy atom. The molecule has 0 atom stereocenters. The van der Waals surface area contributed by atoms with Crippen molar-refractivity contribution in [3.63, 3.8) is 0 Å². The van der Waals surface area contributed by atoms with Gasteiger partial charge in [-0.05, 0) is 0 Å². The van der Waals surface area contributed by atoms with Crippen LogP contribution in [0, 0.1) is 0 Å². The zero-order valence-electron chi connectivity index (χ0n) is 4.17. The van der Waals surface area contributed by atoms with Crippen LogP contribution in [0.2, 0.25) is 0 Å². The molecule has 0 saturated heterocycles. The van der Waals surface area contributed by atoms with Crippen molar-refractivity contribution in [3.8, 4) is 0 Å². The number of hydrogen-bond donors (Lipinski definition) is 0. The maximum atomic E-state index is 4.81. The molecular weight excluding hydrogens is 310 g/mol. The molecule has 3 nitrogen and oxygen atoms in total. The minimum absolute atomic E-state index is 0.670. The fourth-order valence-corrected chi connectivity index (χ4v) is 2.19. The van der Waals surface area contributed by atoms with E-state index < -0.39 is 8.60 Å². The Morgan fingerprint density at radius 2 is 1.71 bits per heavy atom. The zero-order valence-corrected chi connectivity index (χ0v) is 8.95. The predicted molar refractivity (Wildman–Crippen MR) is 27.8 cm³/mol. The van der Waals surface area contributed by atoms with E-state index in [0.29, 0.717) is 26.2 Å². The fourth-order valence-electron chi connectivity index (χ4n) is 0.149. The normalized spacial score (nSPS) is 10.3. The molecular formula is C2H6O3PPb. The summed E-state index contributed by atoms with van der Waals surface area (Å²) in [5, 5.41) is 0. The molecule has 0 rings (SSSR count). The average Bonchev–Trinajstić information content (AvgIpc) is 1.72. The van der Waals surface area contributed by atoms with Gasteiger partial charge in [0.05, 0.1) is 0 Å². The van der Waals surface area contributed by atoms with Crippen LogP contribution in [0.25, 0.3) is 0 Å². The van der Waals surface area contributed by atoms with Crippen molar-refractivity contribution in [1.29, 1.82) is 0 Å². The Labute approximate surface area is 60.7 Å². The third-order valence-corrected chi connectivity index (χ3v) is 2.86. The van der Waals surface area contributed by atoms with E-state index >= 15 is 0 Å². The van der Waals surface area contributed by atoms with Crippen LogP contribution in [-0.2, 0) is 11.5 Å². The minimum atomic E-state index is -0.992. The summed E-state index contributed by atoms with van der Waals surface area (Å²) in [5.74, 6) is 0. The Balaban J connectivity index is 2.99. The van der Waals surface area contributed by atoms with Gasteiger partial charge in [-0.2, -0.15) is 0 Å². The summed E-state index contributed by atoms with van der Waals surface area (Å²) in [5.41, 5.74) is 0. The third kappa shape index (κ3) is 3.79. The third-order valence-electron chi connectivity index (χ3n) is 0.373. The molecule has 5 heteroatoms. The molecule has 41 valence electrons. The molecule has 7 heavy (non-hydrogen) atoms. The van der Waals surface area contributed by atoms with Gasteiger partial charge in [-0.15, -0.1) is 0 Å². The van der Waals surface area contributed by atoms with Gasteiger partial charge < -0.3 is 0 Å². The predicted octanol–water partition coefficient (Wildman–Crippen LogP) is 0.606. The molecule has 0 N–H and O–H groups in total. The van der Waals surface area contributed by atoms with Crippen molar-refractivity contribution in [2.75, 3.05) is 14.2 Å². The second-order valence-corrected chi connectivity index (χ2v) is 4.17. The van der Waals surface area contributed by atoms with Crippen molar-refractivity contribution in [2.24, 2.45) is 0 Å². The van der Waals surface area contributed by atoms with E-state index in [9.17, 15) is 0 Å². The first kappa shape index (κ1) is 8.23. The van der Waals surface area contributed by atoms with Crippen LogP contribution in [0.1, 0.15) is 0 Å². The van der Waals surface area contributed by atoms with Gasteiger partial charge in [0.15, 0.2) is 0 Å². The summed E-state index contributed by atoms with van der Waals surface area (Å²) in [6.45, 7) is 0. The van der Waals surface area contributed by atoms with E-state index in [1.54, 1.807) is 14.2 Å². The Bertz CT molecular complexity index is 34.4. The summed E-state index contributed by atoms with van der Waals surface area (Å²) in [6, 6.07) is 0. The van der Waals surface area contributed by atoms with Gasteiger partial charge in [-0.1, -0.05) is 0 Å². The molecule has 0 spiro atoms. The average molecular weight is 316 g/mol. The van der Waals surface area contributed by atoms with Gasteiger partial charge in [0, 0.05) is 0 Å². The standard InChI is InChI=1S/C2H6O3P.Pb/c1-4-6(3)5-2;/h1-2H3;/q-1;+1. The van der Waals surface area contributed by atoms with E-state index in [1.807, 2.05) is 0 Å². The van der Waals surface area contributed by atoms with Crippen LogP contribution in [0.3, 0.4) is 0 Å². The van der Waals surface area contributed by atoms with Gasteiger partial charge in [0.1, 0.15) is 0 Å². The molecule has 0 aliphatic heterocycles. The van der Waals surface area contributed by atoms with E-state index in [0.717, 1.165) is 0 Å². The summed E-state index contributed by atoms with van der Waals surface area (Å²) in [6.07, 6.45) is 0. The van der Waals surface area contributed by atoms with Crippen LogP contribution in [0.5, 0.6) is 0 Å². The Morgan fingerprint density at radius 1 is 1.29 bits per heavy atom. The molecule has 0 unspecified atom stereocenters. The van der Waals surface area contributed by atoms with E-state index in [4.69, 9.17) is 11.5 Å².